The van der Waals surface area contributed by atoms with Gasteiger partial charge < -0.3 is 0 Å². The summed E-state index contributed by atoms with van der Waals surface area (Å²) in [6.07, 6.45) is 0. The maximum atomic E-state index is 7.05. The number of nitrogens with two attached hydrogens (primary N) is 3. The van der Waals surface area contributed by atoms with Gasteiger partial charge in [-0.25, -0.2) is 0 Å². The van der Waals surface area contributed by atoms with Gasteiger partial charge in [0.25, 0.3) is 0 Å². The summed E-state index contributed by atoms with van der Waals surface area (Å²) in [5, 5.41) is 0. The third-order valence-corrected chi connectivity index (χ3v) is 14.3. The van der Waals surface area contributed by atoms with E-state index in [-0.39, 0.29) is 14.3 Å². The van der Waals surface area contributed by atoms with E-state index in [0.717, 1.165) is 0 Å². The second-order valence-electron chi connectivity index (χ2n) is 10.8. The van der Waals surface area contributed by atoms with Crippen molar-refractivity contribution in [1.29, 1.82) is 0 Å². The zero-order chi connectivity index (χ0) is 35.1. The van der Waals surface area contributed by atoms with Crippen LogP contribution in [0.15, 0.2) is 168 Å². The van der Waals surface area contributed by atoms with Gasteiger partial charge in [-0.05, 0) is 0 Å². The van der Waals surface area contributed by atoms with Gasteiger partial charge in [0.15, 0.2) is 0 Å². The number of hydrogen-bond acceptors (Lipinski definition) is 12. The molecule has 51 heavy (non-hydrogen) atoms. The molecule has 1 unspecified atom stereocenters. The first-order valence-corrected chi connectivity index (χ1v) is 19.5. The first-order valence-electron chi connectivity index (χ1n) is 15.6. The molecule has 1 heterocycles. The van der Waals surface area contributed by atoms with Crippen LogP contribution in [0.25, 0.3) is 0 Å². The Kier molecular flexibility index (Phi) is 9.77. The molecule has 1 atom stereocenters. The Morgan fingerprint density at radius 1 is 0.471 bits per heavy atom. The zero-order valence-corrected chi connectivity index (χ0v) is 29.6. The van der Waals surface area contributed by atoms with E-state index in [1.54, 1.807) is 109 Å². The Hall–Kier alpha value is -5.60. The number of para-hydroxylation sites is 9. The Labute approximate surface area is 297 Å². The molecule has 6 aromatic carbocycles. The Morgan fingerprint density at radius 2 is 0.843 bits per heavy atom. The summed E-state index contributed by atoms with van der Waals surface area (Å²) >= 11 is 0. The van der Waals surface area contributed by atoms with Crippen molar-refractivity contribution >= 4 is 41.6 Å². The third-order valence-electron chi connectivity index (χ3n) is 7.16. The van der Waals surface area contributed by atoms with Gasteiger partial charge in [-0.15, -0.1) is 0 Å². The summed E-state index contributed by atoms with van der Waals surface area (Å²) in [6, 6.07) is 48.3. The first kappa shape index (κ1) is 33.9. The molecule has 0 fully saturated rings. The summed E-state index contributed by atoms with van der Waals surface area (Å²) in [5.74, 6) is 2.00. The minimum absolute atomic E-state index is 0.147. The summed E-state index contributed by atoms with van der Waals surface area (Å²) in [4.78, 5) is 13.3. The van der Waals surface area contributed by atoms with E-state index in [9.17, 15) is 0 Å². The molecular formula is C36H33N6O6P3. The molecule has 0 spiro atoms. The van der Waals surface area contributed by atoms with Crippen molar-refractivity contribution in [3.05, 3.63) is 164 Å². The fraction of sp³-hybridized carbons (Fsp3) is 0. The van der Waals surface area contributed by atoms with E-state index in [1.165, 1.54) is 9.21 Å². The molecule has 0 saturated carbocycles. The molecule has 6 N–H and O–H groups in total. The van der Waals surface area contributed by atoms with Crippen molar-refractivity contribution in [3.8, 4) is 34.5 Å². The topological polar surface area (TPSA) is 152 Å². The molecule has 7 rings (SSSR count). The van der Waals surface area contributed by atoms with Crippen molar-refractivity contribution in [1.82, 2.24) is 9.21 Å². The van der Waals surface area contributed by atoms with Crippen molar-refractivity contribution < 1.29 is 27.8 Å². The molecule has 0 aromatic heterocycles. The van der Waals surface area contributed by atoms with E-state index in [4.69, 9.17) is 49.5 Å². The summed E-state index contributed by atoms with van der Waals surface area (Å²) < 4.78 is 35.9. The van der Waals surface area contributed by atoms with Crippen molar-refractivity contribution in [2.24, 2.45) is 4.52 Å². The predicted octanol–water partition coefficient (Wildman–Crippen LogP) is 10.1. The van der Waals surface area contributed by atoms with Crippen molar-refractivity contribution in [3.63, 3.8) is 0 Å². The van der Waals surface area contributed by atoms with E-state index in [0.29, 0.717) is 45.8 Å². The monoisotopic (exact) mass is 738 g/mol. The molecule has 0 bridgehead atoms. The predicted molar refractivity (Wildman–Crippen MR) is 203 cm³/mol. The molecular weight excluding hydrogens is 705 g/mol. The van der Waals surface area contributed by atoms with E-state index < -0.39 is 16.0 Å². The Balaban J connectivity index is 1.53. The van der Waals surface area contributed by atoms with Crippen molar-refractivity contribution in [2.45, 2.75) is 0 Å². The molecule has 1 aliphatic rings. The second kappa shape index (κ2) is 14.7. The Bertz CT molecular complexity index is 2020. The average molecular weight is 739 g/mol. The first-order chi connectivity index (χ1) is 24.9. The molecule has 0 saturated heterocycles. The van der Waals surface area contributed by atoms with Gasteiger partial charge in [0, 0.05) is 0 Å². The van der Waals surface area contributed by atoms with Crippen LogP contribution in [-0.4, -0.2) is 9.21 Å². The van der Waals surface area contributed by atoms with E-state index >= 15 is 0 Å². The summed E-state index contributed by atoms with van der Waals surface area (Å²) in [5.41, 5.74) is 20.4. The maximum absolute atomic E-state index is 7.05. The number of benzene rings is 6. The Morgan fingerprint density at radius 3 is 1.27 bits per heavy atom. The van der Waals surface area contributed by atoms with Crippen molar-refractivity contribution in [2.75, 3.05) is 17.2 Å². The molecule has 0 amide bonds. The standard InChI is InChI=1S/C36H33N6O6P3/c37-31-22-10-13-25-34(31)43-41-49-40-51(46-28-16-4-1-5-17-28,47-29-18-6-2-7-19-29,48-30-20-8-3-9-21-30)42(44-35-26-14-11-23-32(35)38)50(41)45-36-27-15-12-24-33(36)39/h1-27H,37-39H2. The van der Waals surface area contributed by atoms with Crippen LogP contribution in [-0.2, 0) is 0 Å². The van der Waals surface area contributed by atoms with Gasteiger partial charge in [0.1, 0.15) is 0 Å². The molecule has 0 aliphatic carbocycles. The average Bonchev–Trinajstić information content (AvgIpc) is 3.15. The summed E-state index contributed by atoms with van der Waals surface area (Å²) in [6.45, 7) is 0. The third kappa shape index (κ3) is 7.32. The molecule has 1 aliphatic heterocycles. The minimum atomic E-state index is -5.36. The number of rotatable bonds is 12. The zero-order valence-electron chi connectivity index (χ0n) is 27.0. The SMILES string of the molecule is Nc1ccccc1ON1P=NP(Oc2ccccc2)(Oc2ccccc2)(Oc2ccccc2)N(Oc2ccccc2N)P1Oc1ccccc1N. The normalized spacial score (nSPS) is 17.6. The van der Waals surface area contributed by atoms with Crippen LogP contribution in [0.1, 0.15) is 0 Å². The number of anilines is 3. The van der Waals surface area contributed by atoms with Gasteiger partial charge >= 0.3 is 299 Å². The number of hydrogen-bond donors (Lipinski definition) is 3. The van der Waals surface area contributed by atoms with Gasteiger partial charge in [0.05, 0.1) is 0 Å². The fourth-order valence-electron chi connectivity index (χ4n) is 4.74. The van der Waals surface area contributed by atoms with E-state index in [1.807, 2.05) is 54.6 Å². The second-order valence-corrected chi connectivity index (χ2v) is 16.7. The van der Waals surface area contributed by atoms with Crippen LogP contribution in [0.2, 0.25) is 0 Å². The quantitative estimate of drug-likeness (QED) is 0.0812. The van der Waals surface area contributed by atoms with Crippen LogP contribution in [0.5, 0.6) is 34.5 Å². The molecule has 6 aromatic rings. The van der Waals surface area contributed by atoms with Crippen LogP contribution in [0.4, 0.5) is 17.1 Å². The summed E-state index contributed by atoms with van der Waals surface area (Å²) in [7, 11) is -7.59. The molecule has 12 nitrogen and oxygen atoms in total. The fourth-order valence-corrected chi connectivity index (χ4v) is 12.4. The van der Waals surface area contributed by atoms with Crippen LogP contribution in [0.3, 0.4) is 0 Å². The molecule has 258 valence electrons. The van der Waals surface area contributed by atoms with Gasteiger partial charge in [-0.3, -0.25) is 0 Å². The number of nitrogens with zero attached hydrogens (tertiary/aromatic N) is 3. The molecule has 0 radical (unpaired) electrons. The van der Waals surface area contributed by atoms with Crippen LogP contribution >= 0.6 is 24.6 Å². The van der Waals surface area contributed by atoms with Crippen LogP contribution in [0, 0.1) is 0 Å². The van der Waals surface area contributed by atoms with Crippen LogP contribution < -0.4 is 45.0 Å². The van der Waals surface area contributed by atoms with Gasteiger partial charge in [0.2, 0.25) is 0 Å². The van der Waals surface area contributed by atoms with E-state index in [2.05, 4.69) is 0 Å². The van der Waals surface area contributed by atoms with Gasteiger partial charge in [-0.2, -0.15) is 0 Å². The number of nitrogen functional groups attached to an aromatic ring is 3. The van der Waals surface area contributed by atoms with Gasteiger partial charge in [-0.1, -0.05) is 0 Å². The molecule has 15 heteroatoms.